The SMILES string of the molecule is C=C1C(c2cccs2)=C(S)C[C@@]2(C)C[C@@H](O)C[C@H]12. The fourth-order valence-electron chi connectivity index (χ4n) is 3.63. The number of aliphatic hydroxyl groups excluding tert-OH is 1. The number of aliphatic hydroxyl groups is 1. The number of rotatable bonds is 1. The minimum atomic E-state index is -0.180. The number of fused-ring (bicyclic) bond motifs is 1. The van der Waals surface area contributed by atoms with E-state index in [0.29, 0.717) is 5.92 Å². The molecule has 0 amide bonds. The highest BCUT2D eigenvalue weighted by Gasteiger charge is 2.48. The zero-order chi connectivity index (χ0) is 12.9. The van der Waals surface area contributed by atoms with Crippen molar-refractivity contribution in [3.05, 3.63) is 39.4 Å². The predicted octanol–water partition coefficient (Wildman–Crippen LogP) is 4.13. The molecule has 0 bridgehead atoms. The summed E-state index contributed by atoms with van der Waals surface area (Å²) in [5.41, 5.74) is 2.55. The molecule has 1 fully saturated rings. The van der Waals surface area contributed by atoms with E-state index in [0.717, 1.165) is 24.2 Å². The smallest absolute Gasteiger partial charge is 0.0551 e. The Kier molecular flexibility index (Phi) is 2.96. The van der Waals surface area contributed by atoms with Gasteiger partial charge < -0.3 is 5.11 Å². The summed E-state index contributed by atoms with van der Waals surface area (Å²) in [6.45, 7) is 6.58. The molecule has 3 atom stereocenters. The highest BCUT2D eigenvalue weighted by atomic mass is 32.1. The third kappa shape index (κ3) is 1.80. The summed E-state index contributed by atoms with van der Waals surface area (Å²) in [6, 6.07) is 4.20. The van der Waals surface area contributed by atoms with Gasteiger partial charge in [0.05, 0.1) is 6.10 Å². The van der Waals surface area contributed by atoms with Crippen molar-refractivity contribution in [2.24, 2.45) is 11.3 Å². The second-order valence-corrected chi connectivity index (χ2v) is 7.29. The van der Waals surface area contributed by atoms with E-state index in [1.165, 1.54) is 16.0 Å². The van der Waals surface area contributed by atoms with Crippen LogP contribution < -0.4 is 0 Å². The number of thiol groups is 1. The Hall–Kier alpha value is -0.510. The second-order valence-electron chi connectivity index (χ2n) is 5.80. The number of allylic oxidation sites excluding steroid dienone is 3. The van der Waals surface area contributed by atoms with Crippen LogP contribution in [0.1, 0.15) is 31.1 Å². The molecule has 0 radical (unpaired) electrons. The Bertz CT molecular complexity index is 515. The topological polar surface area (TPSA) is 20.2 Å². The van der Waals surface area contributed by atoms with Crippen molar-refractivity contribution in [3.63, 3.8) is 0 Å². The summed E-state index contributed by atoms with van der Waals surface area (Å²) < 4.78 is 0. The maximum atomic E-state index is 9.96. The number of hydrogen-bond donors (Lipinski definition) is 2. The molecule has 96 valence electrons. The van der Waals surface area contributed by atoms with E-state index < -0.39 is 0 Å². The quantitative estimate of drug-likeness (QED) is 0.740. The highest BCUT2D eigenvalue weighted by Crippen LogP contribution is 2.58. The van der Waals surface area contributed by atoms with Crippen molar-refractivity contribution in [2.45, 2.75) is 32.3 Å². The fraction of sp³-hybridized carbons (Fsp3) is 0.467. The van der Waals surface area contributed by atoms with Crippen LogP contribution in [0.4, 0.5) is 0 Å². The molecule has 1 saturated carbocycles. The van der Waals surface area contributed by atoms with Crippen LogP contribution in [0.25, 0.3) is 5.57 Å². The van der Waals surface area contributed by atoms with Gasteiger partial charge in [-0.2, -0.15) is 0 Å². The van der Waals surface area contributed by atoms with Crippen molar-refractivity contribution >= 4 is 29.5 Å². The molecule has 1 heterocycles. The minimum Gasteiger partial charge on any atom is -0.393 e. The molecule has 0 saturated heterocycles. The molecule has 3 rings (SSSR count). The van der Waals surface area contributed by atoms with E-state index >= 15 is 0 Å². The van der Waals surface area contributed by atoms with Gasteiger partial charge in [0.1, 0.15) is 0 Å². The Morgan fingerprint density at radius 1 is 1.56 bits per heavy atom. The van der Waals surface area contributed by atoms with Gasteiger partial charge in [-0.05, 0) is 52.5 Å². The molecular formula is C15H18OS2. The standard InChI is InChI=1S/C15H18OS2/c1-9-11-6-10(16)7-15(11,2)8-12(17)14(9)13-4-3-5-18-13/h3-5,10-11,16-17H,1,6-8H2,2H3/t10-,11+,15+/m0/s1. The summed E-state index contributed by atoms with van der Waals surface area (Å²) in [7, 11) is 0. The lowest BCUT2D eigenvalue weighted by atomic mass is 9.68. The minimum absolute atomic E-state index is 0.147. The van der Waals surface area contributed by atoms with Gasteiger partial charge in [-0.1, -0.05) is 19.6 Å². The van der Waals surface area contributed by atoms with Crippen LogP contribution in [0, 0.1) is 11.3 Å². The lowest BCUT2D eigenvalue weighted by molar-refractivity contribution is 0.163. The van der Waals surface area contributed by atoms with E-state index in [4.69, 9.17) is 12.6 Å². The lowest BCUT2D eigenvalue weighted by Crippen LogP contribution is -2.27. The first-order chi connectivity index (χ1) is 8.51. The van der Waals surface area contributed by atoms with E-state index in [-0.39, 0.29) is 11.5 Å². The third-order valence-electron chi connectivity index (χ3n) is 4.42. The van der Waals surface area contributed by atoms with E-state index in [1.807, 2.05) is 0 Å². The van der Waals surface area contributed by atoms with E-state index in [1.54, 1.807) is 11.3 Å². The van der Waals surface area contributed by atoms with Crippen molar-refractivity contribution in [1.29, 1.82) is 0 Å². The van der Waals surface area contributed by atoms with Crippen LogP contribution in [0.2, 0.25) is 0 Å². The summed E-state index contributed by atoms with van der Waals surface area (Å²) in [5, 5.41) is 12.1. The summed E-state index contributed by atoms with van der Waals surface area (Å²) >= 11 is 6.45. The Balaban J connectivity index is 2.05. The average Bonchev–Trinajstić information content (AvgIpc) is 2.85. The lowest BCUT2D eigenvalue weighted by Gasteiger charge is -2.39. The average molecular weight is 278 g/mol. The highest BCUT2D eigenvalue weighted by molar-refractivity contribution is 7.84. The fourth-order valence-corrected chi connectivity index (χ4v) is 5.16. The molecule has 2 aliphatic carbocycles. The molecule has 1 nitrogen and oxygen atoms in total. The molecule has 0 unspecified atom stereocenters. The maximum Gasteiger partial charge on any atom is 0.0551 e. The van der Waals surface area contributed by atoms with Crippen LogP contribution in [0.3, 0.4) is 0 Å². The molecule has 3 heteroatoms. The van der Waals surface area contributed by atoms with Gasteiger partial charge >= 0.3 is 0 Å². The zero-order valence-electron chi connectivity index (χ0n) is 10.5. The molecular weight excluding hydrogens is 260 g/mol. The normalized spacial score (nSPS) is 36.1. The van der Waals surface area contributed by atoms with Gasteiger partial charge in [-0.15, -0.1) is 24.0 Å². The number of thiophene rings is 1. The van der Waals surface area contributed by atoms with Gasteiger partial charge in [0.25, 0.3) is 0 Å². The summed E-state index contributed by atoms with van der Waals surface area (Å²) in [5.74, 6) is 0.403. The Labute approximate surface area is 118 Å². The van der Waals surface area contributed by atoms with Crippen molar-refractivity contribution in [1.82, 2.24) is 0 Å². The molecule has 0 aromatic carbocycles. The molecule has 2 aliphatic rings. The molecule has 1 aromatic heterocycles. The molecule has 1 N–H and O–H groups in total. The third-order valence-corrected chi connectivity index (χ3v) is 5.69. The molecule has 1 aromatic rings. The molecule has 0 spiro atoms. The maximum absolute atomic E-state index is 9.96. The van der Waals surface area contributed by atoms with Crippen LogP contribution in [-0.2, 0) is 0 Å². The van der Waals surface area contributed by atoms with Gasteiger partial charge in [0, 0.05) is 10.5 Å². The summed E-state index contributed by atoms with van der Waals surface area (Å²) in [4.78, 5) is 2.39. The van der Waals surface area contributed by atoms with E-state index in [2.05, 4.69) is 31.0 Å². The van der Waals surface area contributed by atoms with Crippen molar-refractivity contribution < 1.29 is 5.11 Å². The van der Waals surface area contributed by atoms with Crippen LogP contribution in [0.15, 0.2) is 34.6 Å². The first-order valence-electron chi connectivity index (χ1n) is 6.34. The summed E-state index contributed by atoms with van der Waals surface area (Å²) in [6.07, 6.45) is 2.51. The monoisotopic (exact) mass is 278 g/mol. The molecule has 18 heavy (non-hydrogen) atoms. The van der Waals surface area contributed by atoms with Gasteiger partial charge in [-0.25, -0.2) is 0 Å². The largest absolute Gasteiger partial charge is 0.393 e. The van der Waals surface area contributed by atoms with Crippen molar-refractivity contribution in [2.75, 3.05) is 0 Å². The van der Waals surface area contributed by atoms with Gasteiger partial charge in [0.15, 0.2) is 0 Å². The first kappa shape index (κ1) is 12.5. The van der Waals surface area contributed by atoms with Crippen LogP contribution in [0.5, 0.6) is 0 Å². The van der Waals surface area contributed by atoms with Gasteiger partial charge in [-0.3, -0.25) is 0 Å². The predicted molar refractivity (Wildman–Crippen MR) is 80.8 cm³/mol. The Morgan fingerprint density at radius 3 is 3.00 bits per heavy atom. The zero-order valence-corrected chi connectivity index (χ0v) is 12.2. The number of hydrogen-bond acceptors (Lipinski definition) is 3. The second kappa shape index (κ2) is 4.26. The van der Waals surface area contributed by atoms with Crippen molar-refractivity contribution in [3.8, 4) is 0 Å². The van der Waals surface area contributed by atoms with E-state index in [9.17, 15) is 5.11 Å². The first-order valence-corrected chi connectivity index (χ1v) is 7.67. The van der Waals surface area contributed by atoms with Gasteiger partial charge in [0.2, 0.25) is 0 Å². The molecule has 0 aliphatic heterocycles. The van der Waals surface area contributed by atoms with Crippen LogP contribution >= 0.6 is 24.0 Å². The van der Waals surface area contributed by atoms with Crippen LogP contribution in [-0.4, -0.2) is 11.2 Å². The Morgan fingerprint density at radius 2 is 2.33 bits per heavy atom.